The van der Waals surface area contributed by atoms with Gasteiger partial charge in [0.1, 0.15) is 11.7 Å². The van der Waals surface area contributed by atoms with Crippen LogP contribution in [-0.2, 0) is 23.8 Å². The number of methoxy groups -OCH3 is 3. The summed E-state index contributed by atoms with van der Waals surface area (Å²) in [6.07, 6.45) is 2.69. The number of hydrogen-bond donors (Lipinski definition) is 0. The van der Waals surface area contributed by atoms with Gasteiger partial charge in [0.05, 0.1) is 13.7 Å². The summed E-state index contributed by atoms with van der Waals surface area (Å²) in [7, 11) is 4.02. The van der Waals surface area contributed by atoms with Crippen molar-refractivity contribution in [2.24, 2.45) is 5.92 Å². The highest BCUT2D eigenvalue weighted by atomic mass is 16.7. The van der Waals surface area contributed by atoms with Crippen molar-refractivity contribution in [2.75, 3.05) is 27.9 Å². The normalized spacial score (nSPS) is 12.3. The standard InChI is InChI=1S/C25H32O6/c1-25(29-3,30-4)23(26)22(24(27)28-2)13-9-6-10-18-31-21-16-14-20(15-17-21)19-11-7-5-8-12-19/h5,7-8,11-12,14-17,22H,6,9-10,13,18H2,1-4H3. The smallest absolute Gasteiger partial charge is 0.316 e. The van der Waals surface area contributed by atoms with Crippen LogP contribution >= 0.6 is 0 Å². The summed E-state index contributed by atoms with van der Waals surface area (Å²) in [6.45, 7) is 2.07. The highest BCUT2D eigenvalue weighted by molar-refractivity contribution is 6.02. The largest absolute Gasteiger partial charge is 0.494 e. The molecule has 0 aromatic heterocycles. The van der Waals surface area contributed by atoms with E-state index in [-0.39, 0.29) is 0 Å². The number of rotatable bonds is 13. The molecule has 1 unspecified atom stereocenters. The molecule has 2 aromatic rings. The first-order valence-electron chi connectivity index (χ1n) is 10.5. The predicted molar refractivity (Wildman–Crippen MR) is 119 cm³/mol. The molecule has 1 atom stereocenters. The van der Waals surface area contributed by atoms with Crippen molar-refractivity contribution < 1.29 is 28.5 Å². The van der Waals surface area contributed by atoms with E-state index in [1.54, 1.807) is 0 Å². The molecule has 0 saturated heterocycles. The van der Waals surface area contributed by atoms with Gasteiger partial charge in [0, 0.05) is 14.2 Å². The Morgan fingerprint density at radius 3 is 2.03 bits per heavy atom. The number of Topliss-reactive ketones (excluding diaryl/α,β-unsaturated/α-hetero) is 1. The second-order valence-corrected chi connectivity index (χ2v) is 7.38. The molecule has 0 bridgehead atoms. The molecule has 2 aromatic carbocycles. The highest BCUT2D eigenvalue weighted by Crippen LogP contribution is 2.24. The van der Waals surface area contributed by atoms with E-state index in [9.17, 15) is 9.59 Å². The van der Waals surface area contributed by atoms with Crippen molar-refractivity contribution in [1.29, 1.82) is 0 Å². The lowest BCUT2D eigenvalue weighted by Crippen LogP contribution is -2.46. The van der Waals surface area contributed by atoms with Crippen LogP contribution < -0.4 is 4.74 Å². The Hall–Kier alpha value is -2.70. The van der Waals surface area contributed by atoms with Crippen LogP contribution in [0.1, 0.15) is 32.6 Å². The van der Waals surface area contributed by atoms with Gasteiger partial charge in [-0.2, -0.15) is 0 Å². The van der Waals surface area contributed by atoms with Crippen molar-refractivity contribution in [3.63, 3.8) is 0 Å². The van der Waals surface area contributed by atoms with E-state index in [2.05, 4.69) is 12.1 Å². The Kier molecular flexibility index (Phi) is 9.69. The molecule has 0 amide bonds. The minimum Gasteiger partial charge on any atom is -0.494 e. The van der Waals surface area contributed by atoms with Gasteiger partial charge in [-0.25, -0.2) is 0 Å². The molecule has 0 saturated carbocycles. The zero-order chi connectivity index (χ0) is 22.7. The van der Waals surface area contributed by atoms with Crippen LogP contribution in [0.4, 0.5) is 0 Å². The summed E-state index contributed by atoms with van der Waals surface area (Å²) in [5, 5.41) is 0. The summed E-state index contributed by atoms with van der Waals surface area (Å²) in [5.74, 6) is -2.56. The molecule has 31 heavy (non-hydrogen) atoms. The SMILES string of the molecule is COC(=O)C(CCCCCOc1ccc(-c2ccccc2)cc1)C(=O)C(C)(OC)OC. The fraction of sp³-hybridized carbons (Fsp3) is 0.440. The molecular formula is C25H32O6. The van der Waals surface area contributed by atoms with Crippen LogP contribution in [0.2, 0.25) is 0 Å². The fourth-order valence-electron chi connectivity index (χ4n) is 3.29. The minimum atomic E-state index is -1.46. The van der Waals surface area contributed by atoms with E-state index in [1.807, 2.05) is 42.5 Å². The van der Waals surface area contributed by atoms with Crippen molar-refractivity contribution in [1.82, 2.24) is 0 Å². The average molecular weight is 429 g/mol. The average Bonchev–Trinajstić information content (AvgIpc) is 2.83. The van der Waals surface area contributed by atoms with Gasteiger partial charge in [0.25, 0.3) is 0 Å². The number of carbonyl (C=O) groups excluding carboxylic acids is 2. The van der Waals surface area contributed by atoms with E-state index in [0.717, 1.165) is 24.2 Å². The summed E-state index contributed by atoms with van der Waals surface area (Å²) in [5.41, 5.74) is 2.31. The Bertz CT molecular complexity index is 812. The maximum atomic E-state index is 12.7. The van der Waals surface area contributed by atoms with Gasteiger partial charge in [0.15, 0.2) is 0 Å². The Labute approximate surface area is 184 Å². The predicted octanol–water partition coefficient (Wildman–Crippen LogP) is 4.66. The number of ether oxygens (including phenoxy) is 4. The number of carbonyl (C=O) groups is 2. The molecule has 0 aliphatic rings. The molecule has 0 aliphatic heterocycles. The van der Waals surface area contributed by atoms with Gasteiger partial charge in [-0.05, 0) is 43.0 Å². The second-order valence-electron chi connectivity index (χ2n) is 7.38. The second kappa shape index (κ2) is 12.2. The molecule has 0 fully saturated rings. The van der Waals surface area contributed by atoms with Crippen molar-refractivity contribution in [3.05, 3.63) is 54.6 Å². The monoisotopic (exact) mass is 428 g/mol. The third kappa shape index (κ3) is 6.91. The first kappa shape index (κ1) is 24.6. The van der Waals surface area contributed by atoms with E-state index in [1.165, 1.54) is 33.8 Å². The topological polar surface area (TPSA) is 71.1 Å². The maximum Gasteiger partial charge on any atom is 0.316 e. The lowest BCUT2D eigenvalue weighted by atomic mass is 9.92. The molecule has 0 heterocycles. The van der Waals surface area contributed by atoms with Crippen LogP contribution in [0.15, 0.2) is 54.6 Å². The van der Waals surface area contributed by atoms with Gasteiger partial charge >= 0.3 is 5.97 Å². The molecule has 2 rings (SSSR count). The lowest BCUT2D eigenvalue weighted by Gasteiger charge is -2.28. The van der Waals surface area contributed by atoms with Gasteiger partial charge in [-0.3, -0.25) is 9.59 Å². The van der Waals surface area contributed by atoms with E-state index < -0.39 is 23.5 Å². The Morgan fingerprint density at radius 1 is 0.839 bits per heavy atom. The van der Waals surface area contributed by atoms with Crippen LogP contribution in [0.5, 0.6) is 5.75 Å². The molecule has 168 valence electrons. The quantitative estimate of drug-likeness (QED) is 0.200. The molecule has 6 heteroatoms. The van der Waals surface area contributed by atoms with Crippen LogP contribution in [0.3, 0.4) is 0 Å². The molecule has 0 aliphatic carbocycles. The number of unbranched alkanes of at least 4 members (excludes halogenated alkanes) is 2. The van der Waals surface area contributed by atoms with Gasteiger partial charge in [-0.1, -0.05) is 55.3 Å². The number of ketones is 1. The Balaban J connectivity index is 1.77. The lowest BCUT2D eigenvalue weighted by molar-refractivity contribution is -0.204. The Morgan fingerprint density at radius 2 is 1.45 bits per heavy atom. The third-order valence-corrected chi connectivity index (χ3v) is 5.40. The number of hydrogen-bond acceptors (Lipinski definition) is 6. The van der Waals surface area contributed by atoms with Crippen molar-refractivity contribution >= 4 is 11.8 Å². The molecule has 0 radical (unpaired) electrons. The maximum absolute atomic E-state index is 12.7. The zero-order valence-electron chi connectivity index (χ0n) is 18.8. The summed E-state index contributed by atoms with van der Waals surface area (Å²) in [4.78, 5) is 24.8. The van der Waals surface area contributed by atoms with Gasteiger partial charge < -0.3 is 18.9 Å². The van der Waals surface area contributed by atoms with Crippen LogP contribution in [-0.4, -0.2) is 45.5 Å². The first-order valence-corrected chi connectivity index (χ1v) is 10.5. The van der Waals surface area contributed by atoms with Crippen LogP contribution in [0.25, 0.3) is 11.1 Å². The van der Waals surface area contributed by atoms with E-state index in [0.29, 0.717) is 19.4 Å². The van der Waals surface area contributed by atoms with E-state index in [4.69, 9.17) is 18.9 Å². The van der Waals surface area contributed by atoms with Crippen molar-refractivity contribution in [3.8, 4) is 16.9 Å². The van der Waals surface area contributed by atoms with Gasteiger partial charge in [-0.15, -0.1) is 0 Å². The highest BCUT2D eigenvalue weighted by Gasteiger charge is 2.41. The van der Waals surface area contributed by atoms with Gasteiger partial charge in [0.2, 0.25) is 11.6 Å². The third-order valence-electron chi connectivity index (χ3n) is 5.40. The molecular weight excluding hydrogens is 396 g/mol. The van der Waals surface area contributed by atoms with Crippen molar-refractivity contribution in [2.45, 2.75) is 38.4 Å². The molecule has 0 N–H and O–H groups in total. The number of esters is 1. The fourth-order valence-corrected chi connectivity index (χ4v) is 3.29. The van der Waals surface area contributed by atoms with E-state index >= 15 is 0 Å². The summed E-state index contributed by atoms with van der Waals surface area (Å²) < 4.78 is 20.9. The summed E-state index contributed by atoms with van der Waals surface area (Å²) in [6, 6.07) is 18.2. The molecule has 0 spiro atoms. The zero-order valence-corrected chi connectivity index (χ0v) is 18.8. The summed E-state index contributed by atoms with van der Waals surface area (Å²) >= 11 is 0. The first-order chi connectivity index (χ1) is 14.9. The minimum absolute atomic E-state index is 0.375. The molecule has 6 nitrogen and oxygen atoms in total. The number of benzene rings is 2. The van der Waals surface area contributed by atoms with Crippen LogP contribution in [0, 0.1) is 5.92 Å².